The van der Waals surface area contributed by atoms with Crippen molar-refractivity contribution in [2.45, 2.75) is 71.0 Å². The highest BCUT2D eigenvalue weighted by atomic mass is 19.1. The van der Waals surface area contributed by atoms with Crippen molar-refractivity contribution in [3.63, 3.8) is 0 Å². The van der Waals surface area contributed by atoms with Crippen molar-refractivity contribution in [3.05, 3.63) is 59.7 Å². The number of hydrogen-bond acceptors (Lipinski definition) is 3. The van der Waals surface area contributed by atoms with Crippen LogP contribution in [0.1, 0.15) is 63.1 Å². The van der Waals surface area contributed by atoms with Gasteiger partial charge in [0.25, 0.3) is 0 Å². The molecule has 1 heterocycles. The third-order valence-electron chi connectivity index (χ3n) is 6.62. The molecule has 0 radical (unpaired) electrons. The average molecular weight is 472 g/mol. The molecule has 2 amide bonds. The summed E-state index contributed by atoms with van der Waals surface area (Å²) in [6.45, 7) is 4.14. The summed E-state index contributed by atoms with van der Waals surface area (Å²) in [5.74, 6) is -0.254. The molecular formula is C27H38FN3O3. The largest absolute Gasteiger partial charge is 0.385 e. The maximum Gasteiger partial charge on any atom is 0.242 e. The molecule has 1 aromatic carbocycles. The molecule has 186 valence electrons. The first kappa shape index (κ1) is 25.9. The monoisotopic (exact) mass is 471 g/mol. The molecule has 0 atom stereocenters. The molecule has 1 saturated carbocycles. The van der Waals surface area contributed by atoms with Gasteiger partial charge in [-0.05, 0) is 49.1 Å². The number of hydrogen-bond donors (Lipinski definition) is 0. The third kappa shape index (κ3) is 7.42. The van der Waals surface area contributed by atoms with Gasteiger partial charge in [-0.3, -0.25) is 9.59 Å². The van der Waals surface area contributed by atoms with E-state index in [2.05, 4.69) is 4.57 Å². The van der Waals surface area contributed by atoms with Crippen LogP contribution in [0.15, 0.2) is 42.6 Å². The second-order valence-electron chi connectivity index (χ2n) is 9.08. The molecular weight excluding hydrogens is 433 g/mol. The van der Waals surface area contributed by atoms with E-state index in [0.29, 0.717) is 39.1 Å². The molecule has 1 aliphatic carbocycles. The van der Waals surface area contributed by atoms with Crippen LogP contribution in [0.4, 0.5) is 4.39 Å². The Bertz CT molecular complexity index is 906. The quantitative estimate of drug-likeness (QED) is 0.425. The van der Waals surface area contributed by atoms with E-state index in [1.54, 1.807) is 24.1 Å². The fourth-order valence-corrected chi connectivity index (χ4v) is 4.69. The van der Waals surface area contributed by atoms with E-state index in [-0.39, 0.29) is 30.2 Å². The molecule has 6 nitrogen and oxygen atoms in total. The molecule has 3 rings (SSSR count). The summed E-state index contributed by atoms with van der Waals surface area (Å²) < 4.78 is 20.6. The van der Waals surface area contributed by atoms with Crippen LogP contribution in [0.25, 0.3) is 0 Å². The summed E-state index contributed by atoms with van der Waals surface area (Å²) in [4.78, 5) is 29.8. The van der Waals surface area contributed by atoms with Crippen molar-refractivity contribution in [2.24, 2.45) is 0 Å². The van der Waals surface area contributed by atoms with Gasteiger partial charge >= 0.3 is 0 Å². The summed E-state index contributed by atoms with van der Waals surface area (Å²) in [5.41, 5.74) is 2.04. The van der Waals surface area contributed by atoms with E-state index in [1.165, 1.54) is 18.6 Å². The molecule has 0 unspecified atom stereocenters. The molecule has 1 aromatic heterocycles. The first-order valence-corrected chi connectivity index (χ1v) is 12.5. The number of rotatable bonds is 12. The Balaban J connectivity index is 1.76. The predicted octanol–water partition coefficient (Wildman–Crippen LogP) is 4.61. The number of carbonyl (C=O) groups is 2. The molecule has 0 N–H and O–H groups in total. The van der Waals surface area contributed by atoms with Gasteiger partial charge in [0.2, 0.25) is 11.8 Å². The maximum absolute atomic E-state index is 13.6. The molecule has 7 heteroatoms. The van der Waals surface area contributed by atoms with Crippen LogP contribution >= 0.6 is 0 Å². The number of methoxy groups -OCH3 is 1. The highest BCUT2D eigenvalue weighted by Crippen LogP contribution is 2.25. The summed E-state index contributed by atoms with van der Waals surface area (Å²) >= 11 is 0. The molecule has 0 spiro atoms. The fraction of sp³-hybridized carbons (Fsp3) is 0.556. The zero-order chi connectivity index (χ0) is 24.3. The molecule has 2 aromatic rings. The molecule has 1 fully saturated rings. The van der Waals surface area contributed by atoms with E-state index in [1.807, 2.05) is 30.2 Å². The van der Waals surface area contributed by atoms with Gasteiger partial charge in [0, 0.05) is 51.2 Å². The van der Waals surface area contributed by atoms with Crippen molar-refractivity contribution in [3.8, 4) is 0 Å². The van der Waals surface area contributed by atoms with Crippen LogP contribution in [-0.2, 0) is 27.4 Å². The van der Waals surface area contributed by atoms with Crippen molar-refractivity contribution in [2.75, 3.05) is 26.8 Å². The van der Waals surface area contributed by atoms with Gasteiger partial charge in [0.1, 0.15) is 5.82 Å². The number of nitrogens with zero attached hydrogens (tertiary/aromatic N) is 3. The van der Waals surface area contributed by atoms with Crippen LogP contribution in [0.2, 0.25) is 0 Å². The lowest BCUT2D eigenvalue weighted by molar-refractivity contribution is -0.143. The van der Waals surface area contributed by atoms with E-state index in [0.717, 1.165) is 36.9 Å². The second-order valence-corrected chi connectivity index (χ2v) is 9.08. The summed E-state index contributed by atoms with van der Waals surface area (Å²) in [5, 5.41) is 0. The van der Waals surface area contributed by atoms with Gasteiger partial charge in [-0.25, -0.2) is 4.39 Å². The van der Waals surface area contributed by atoms with Gasteiger partial charge in [-0.15, -0.1) is 0 Å². The van der Waals surface area contributed by atoms with E-state index < -0.39 is 0 Å². The topological polar surface area (TPSA) is 54.8 Å². The third-order valence-corrected chi connectivity index (χ3v) is 6.62. The first-order chi connectivity index (χ1) is 16.5. The lowest BCUT2D eigenvalue weighted by atomic mass is 9.94. The number of amides is 2. The van der Waals surface area contributed by atoms with Crippen LogP contribution in [0, 0.1) is 5.82 Å². The zero-order valence-electron chi connectivity index (χ0n) is 20.5. The summed E-state index contributed by atoms with van der Waals surface area (Å²) in [7, 11) is 1.64. The van der Waals surface area contributed by atoms with Crippen molar-refractivity contribution in [1.29, 1.82) is 0 Å². The number of carbonyl (C=O) groups excluding carboxylic acids is 2. The number of benzene rings is 1. The molecule has 0 aliphatic heterocycles. The van der Waals surface area contributed by atoms with Gasteiger partial charge in [-0.2, -0.15) is 0 Å². The highest BCUT2D eigenvalue weighted by molar-refractivity contribution is 5.85. The number of halogens is 1. The number of aromatic nitrogens is 1. The van der Waals surface area contributed by atoms with Crippen LogP contribution < -0.4 is 0 Å². The minimum atomic E-state index is -0.248. The van der Waals surface area contributed by atoms with Crippen molar-refractivity contribution >= 4 is 11.8 Å². The van der Waals surface area contributed by atoms with Crippen molar-refractivity contribution < 1.29 is 18.7 Å². The van der Waals surface area contributed by atoms with Gasteiger partial charge in [0.15, 0.2) is 0 Å². The zero-order valence-corrected chi connectivity index (χ0v) is 20.5. The Labute approximate surface area is 202 Å². The normalized spacial score (nSPS) is 14.2. The van der Waals surface area contributed by atoms with Crippen LogP contribution in [-0.4, -0.2) is 59.0 Å². The predicted molar refractivity (Wildman–Crippen MR) is 131 cm³/mol. The SMILES string of the molecule is CCC(=O)N(CCCOC)CC(=O)N(Cc1cccn1Cc1ccc(F)cc1)C1CCCCC1. The smallest absolute Gasteiger partial charge is 0.242 e. The lowest BCUT2D eigenvalue weighted by Gasteiger charge is -2.36. The molecule has 0 saturated heterocycles. The van der Waals surface area contributed by atoms with E-state index in [4.69, 9.17) is 4.74 Å². The fourth-order valence-electron chi connectivity index (χ4n) is 4.69. The van der Waals surface area contributed by atoms with Crippen LogP contribution in [0.5, 0.6) is 0 Å². The Morgan fingerprint density at radius 2 is 1.82 bits per heavy atom. The minimum absolute atomic E-state index is 0.000601. The lowest BCUT2D eigenvalue weighted by Crippen LogP contribution is -2.47. The number of ether oxygens (including phenoxy) is 1. The molecule has 34 heavy (non-hydrogen) atoms. The van der Waals surface area contributed by atoms with Gasteiger partial charge in [-0.1, -0.05) is 38.3 Å². The average Bonchev–Trinajstić information content (AvgIpc) is 3.29. The Kier molecular flexibility index (Phi) is 10.1. The maximum atomic E-state index is 13.6. The minimum Gasteiger partial charge on any atom is -0.385 e. The molecule has 0 bridgehead atoms. The first-order valence-electron chi connectivity index (χ1n) is 12.5. The highest BCUT2D eigenvalue weighted by Gasteiger charge is 2.28. The van der Waals surface area contributed by atoms with Crippen LogP contribution in [0.3, 0.4) is 0 Å². The molecule has 1 aliphatic rings. The van der Waals surface area contributed by atoms with Gasteiger partial charge in [0.05, 0.1) is 13.1 Å². The standard InChI is InChI=1S/C27H38FN3O3/c1-3-26(32)30(17-8-18-34-2)21-27(33)31(24-9-5-4-6-10-24)20-25-11-7-16-29(25)19-22-12-14-23(28)15-13-22/h7,11-16,24H,3-6,8-10,17-21H2,1-2H3. The Hall–Kier alpha value is -2.67. The van der Waals surface area contributed by atoms with Crippen molar-refractivity contribution in [1.82, 2.24) is 14.4 Å². The Morgan fingerprint density at radius 1 is 1.09 bits per heavy atom. The summed E-state index contributed by atoms with van der Waals surface area (Å²) in [6, 6.07) is 10.7. The van der Waals surface area contributed by atoms with E-state index >= 15 is 0 Å². The summed E-state index contributed by atoms with van der Waals surface area (Å²) in [6.07, 6.45) is 8.53. The van der Waals surface area contributed by atoms with E-state index in [9.17, 15) is 14.0 Å². The Morgan fingerprint density at radius 3 is 2.50 bits per heavy atom. The van der Waals surface area contributed by atoms with Gasteiger partial charge < -0.3 is 19.1 Å². The second kappa shape index (κ2) is 13.3.